The molecule has 27 heavy (non-hydrogen) atoms. The summed E-state index contributed by atoms with van der Waals surface area (Å²) >= 11 is 0. The Morgan fingerprint density at radius 1 is 1.15 bits per heavy atom. The molecule has 0 atom stereocenters. The third-order valence-corrected chi connectivity index (χ3v) is 4.49. The van der Waals surface area contributed by atoms with Crippen LogP contribution < -0.4 is 4.90 Å². The molecular formula is C21H24N4O2. The molecule has 3 rings (SSSR count). The standard InChI is InChI=1S/C21H24N4O2/c1-5-27-21(26)17-11-12-20(22-13-17)24(4)14-19-15(2)23-25(16(19)3)18-9-7-6-8-10-18/h6-13H,5,14H2,1-4H3. The number of hydrogen-bond donors (Lipinski definition) is 0. The Labute approximate surface area is 159 Å². The van der Waals surface area contributed by atoms with Crippen molar-refractivity contribution in [2.45, 2.75) is 27.3 Å². The highest BCUT2D eigenvalue weighted by Crippen LogP contribution is 2.21. The van der Waals surface area contributed by atoms with Gasteiger partial charge in [0.2, 0.25) is 0 Å². The Kier molecular flexibility index (Phi) is 5.54. The van der Waals surface area contributed by atoms with Gasteiger partial charge in [-0.25, -0.2) is 14.5 Å². The van der Waals surface area contributed by atoms with Crippen molar-refractivity contribution in [3.63, 3.8) is 0 Å². The minimum atomic E-state index is -0.352. The van der Waals surface area contributed by atoms with Crippen LogP contribution in [0.1, 0.15) is 34.2 Å². The van der Waals surface area contributed by atoms with Crippen molar-refractivity contribution in [3.05, 3.63) is 71.2 Å². The number of nitrogens with zero attached hydrogens (tertiary/aromatic N) is 4. The average molecular weight is 364 g/mol. The van der Waals surface area contributed by atoms with Gasteiger partial charge in [0.05, 0.1) is 23.6 Å². The van der Waals surface area contributed by atoms with Crippen LogP contribution in [-0.2, 0) is 11.3 Å². The first kappa shape index (κ1) is 18.6. The number of aryl methyl sites for hydroxylation is 1. The van der Waals surface area contributed by atoms with E-state index in [9.17, 15) is 4.79 Å². The molecule has 6 nitrogen and oxygen atoms in total. The zero-order valence-electron chi connectivity index (χ0n) is 16.1. The van der Waals surface area contributed by atoms with Crippen molar-refractivity contribution < 1.29 is 9.53 Å². The number of aromatic nitrogens is 3. The van der Waals surface area contributed by atoms with Crippen LogP contribution in [0.2, 0.25) is 0 Å². The Morgan fingerprint density at radius 3 is 2.52 bits per heavy atom. The normalized spacial score (nSPS) is 10.7. The van der Waals surface area contributed by atoms with Gasteiger partial charge in [0.15, 0.2) is 0 Å². The molecule has 0 radical (unpaired) electrons. The minimum Gasteiger partial charge on any atom is -0.462 e. The number of pyridine rings is 1. The molecule has 140 valence electrons. The van der Waals surface area contributed by atoms with E-state index < -0.39 is 0 Å². The predicted octanol–water partition coefficient (Wildman–Crippen LogP) is 3.70. The maximum atomic E-state index is 11.8. The monoisotopic (exact) mass is 364 g/mol. The van der Waals surface area contributed by atoms with Crippen LogP contribution in [0.5, 0.6) is 0 Å². The summed E-state index contributed by atoms with van der Waals surface area (Å²) in [6.07, 6.45) is 1.55. The molecule has 2 heterocycles. The van der Waals surface area contributed by atoms with Crippen LogP contribution in [0.3, 0.4) is 0 Å². The average Bonchev–Trinajstić information content (AvgIpc) is 2.97. The first-order chi connectivity index (χ1) is 13.0. The Morgan fingerprint density at radius 2 is 1.89 bits per heavy atom. The molecule has 1 aromatic carbocycles. The number of esters is 1. The molecule has 0 amide bonds. The van der Waals surface area contributed by atoms with Crippen LogP contribution >= 0.6 is 0 Å². The second kappa shape index (κ2) is 8.03. The third kappa shape index (κ3) is 4.00. The summed E-state index contributed by atoms with van der Waals surface area (Å²) in [7, 11) is 1.98. The first-order valence-electron chi connectivity index (χ1n) is 8.96. The maximum Gasteiger partial charge on any atom is 0.339 e. The second-order valence-electron chi connectivity index (χ2n) is 6.38. The lowest BCUT2D eigenvalue weighted by Crippen LogP contribution is -2.19. The quantitative estimate of drug-likeness (QED) is 0.624. The van der Waals surface area contributed by atoms with Crippen LogP contribution in [0, 0.1) is 13.8 Å². The van der Waals surface area contributed by atoms with Crippen LogP contribution in [-0.4, -0.2) is 34.4 Å². The molecule has 0 aliphatic carbocycles. The lowest BCUT2D eigenvalue weighted by Gasteiger charge is -2.18. The zero-order valence-corrected chi connectivity index (χ0v) is 16.1. The molecule has 6 heteroatoms. The van der Waals surface area contributed by atoms with Gasteiger partial charge in [-0.15, -0.1) is 0 Å². The molecule has 0 N–H and O–H groups in total. The van der Waals surface area contributed by atoms with Gasteiger partial charge in [-0.2, -0.15) is 5.10 Å². The number of anilines is 1. The predicted molar refractivity (Wildman–Crippen MR) is 105 cm³/mol. The lowest BCUT2D eigenvalue weighted by atomic mass is 10.2. The van der Waals surface area contributed by atoms with E-state index in [1.165, 1.54) is 0 Å². The molecule has 0 spiro atoms. The summed E-state index contributed by atoms with van der Waals surface area (Å²) in [4.78, 5) is 18.2. The summed E-state index contributed by atoms with van der Waals surface area (Å²) in [5.74, 6) is 0.435. The van der Waals surface area contributed by atoms with Crippen molar-refractivity contribution in [1.82, 2.24) is 14.8 Å². The highest BCUT2D eigenvalue weighted by atomic mass is 16.5. The highest BCUT2D eigenvalue weighted by Gasteiger charge is 2.16. The molecule has 0 aliphatic heterocycles. The van der Waals surface area contributed by atoms with Gasteiger partial charge in [0, 0.05) is 31.0 Å². The Hall–Kier alpha value is -3.15. The smallest absolute Gasteiger partial charge is 0.339 e. The van der Waals surface area contributed by atoms with E-state index >= 15 is 0 Å². The number of carbonyl (C=O) groups is 1. The van der Waals surface area contributed by atoms with E-state index in [1.807, 2.05) is 60.0 Å². The van der Waals surface area contributed by atoms with E-state index in [0.29, 0.717) is 18.7 Å². The summed E-state index contributed by atoms with van der Waals surface area (Å²) < 4.78 is 6.96. The number of ether oxygens (including phenoxy) is 1. The molecule has 0 unspecified atom stereocenters. The number of rotatable bonds is 6. The topological polar surface area (TPSA) is 60.2 Å². The fraction of sp³-hybridized carbons (Fsp3) is 0.286. The molecule has 2 aromatic heterocycles. The Bertz CT molecular complexity index is 917. The molecule has 0 aliphatic rings. The summed E-state index contributed by atoms with van der Waals surface area (Å²) in [5, 5.41) is 4.69. The third-order valence-electron chi connectivity index (χ3n) is 4.49. The highest BCUT2D eigenvalue weighted by molar-refractivity contribution is 5.89. The fourth-order valence-corrected chi connectivity index (χ4v) is 2.99. The van der Waals surface area contributed by atoms with E-state index in [-0.39, 0.29) is 5.97 Å². The molecule has 0 bridgehead atoms. The van der Waals surface area contributed by atoms with Crippen LogP contribution in [0.4, 0.5) is 5.82 Å². The van der Waals surface area contributed by atoms with Gasteiger partial charge < -0.3 is 9.64 Å². The lowest BCUT2D eigenvalue weighted by molar-refractivity contribution is 0.0526. The largest absolute Gasteiger partial charge is 0.462 e. The number of para-hydroxylation sites is 1. The van der Waals surface area contributed by atoms with Crippen LogP contribution in [0.15, 0.2) is 48.7 Å². The minimum absolute atomic E-state index is 0.352. The molecular weight excluding hydrogens is 340 g/mol. The first-order valence-corrected chi connectivity index (χ1v) is 8.96. The van der Waals surface area contributed by atoms with E-state index in [2.05, 4.69) is 11.9 Å². The van der Waals surface area contributed by atoms with Gasteiger partial charge in [0.1, 0.15) is 5.82 Å². The molecule has 3 aromatic rings. The number of carbonyl (C=O) groups excluding carboxylic acids is 1. The summed E-state index contributed by atoms with van der Waals surface area (Å²) in [6, 6.07) is 13.7. The van der Waals surface area contributed by atoms with Crippen molar-refractivity contribution in [3.8, 4) is 5.69 Å². The maximum absolute atomic E-state index is 11.8. The van der Waals surface area contributed by atoms with Gasteiger partial charge in [-0.05, 0) is 45.0 Å². The van der Waals surface area contributed by atoms with Crippen molar-refractivity contribution in [2.75, 3.05) is 18.6 Å². The van der Waals surface area contributed by atoms with Gasteiger partial charge in [0.25, 0.3) is 0 Å². The molecule has 0 saturated carbocycles. The second-order valence-corrected chi connectivity index (χ2v) is 6.38. The number of benzene rings is 1. The van der Waals surface area contributed by atoms with E-state index in [4.69, 9.17) is 9.84 Å². The van der Waals surface area contributed by atoms with Crippen molar-refractivity contribution in [1.29, 1.82) is 0 Å². The van der Waals surface area contributed by atoms with Crippen molar-refractivity contribution in [2.24, 2.45) is 0 Å². The Balaban J connectivity index is 1.79. The van der Waals surface area contributed by atoms with Crippen molar-refractivity contribution >= 4 is 11.8 Å². The fourth-order valence-electron chi connectivity index (χ4n) is 2.99. The summed E-state index contributed by atoms with van der Waals surface area (Å²) in [5.41, 5.74) is 4.76. The zero-order chi connectivity index (χ0) is 19.4. The van der Waals surface area contributed by atoms with E-state index in [1.54, 1.807) is 19.2 Å². The molecule has 0 saturated heterocycles. The number of hydrogen-bond acceptors (Lipinski definition) is 5. The van der Waals surface area contributed by atoms with Crippen LogP contribution in [0.25, 0.3) is 5.69 Å². The van der Waals surface area contributed by atoms with Gasteiger partial charge in [-0.1, -0.05) is 18.2 Å². The van der Waals surface area contributed by atoms with E-state index in [0.717, 1.165) is 28.5 Å². The van der Waals surface area contributed by atoms with Gasteiger partial charge in [-0.3, -0.25) is 0 Å². The summed E-state index contributed by atoms with van der Waals surface area (Å²) in [6.45, 7) is 6.91. The van der Waals surface area contributed by atoms with Gasteiger partial charge >= 0.3 is 5.97 Å². The SMILES string of the molecule is CCOC(=O)c1ccc(N(C)Cc2c(C)nn(-c3ccccc3)c2C)nc1. The molecule has 0 fully saturated rings.